The van der Waals surface area contributed by atoms with E-state index in [1.54, 1.807) is 6.07 Å². The van der Waals surface area contributed by atoms with E-state index in [4.69, 9.17) is 22.3 Å². The summed E-state index contributed by atoms with van der Waals surface area (Å²) in [4.78, 5) is 4.76. The number of nitrogen functional groups attached to an aromatic ring is 1. The summed E-state index contributed by atoms with van der Waals surface area (Å²) >= 11 is 9.49. The first-order valence-electron chi connectivity index (χ1n) is 6.81. The lowest BCUT2D eigenvalue weighted by Gasteiger charge is -2.10. The average Bonchev–Trinajstić information content (AvgIpc) is 2.77. The molecule has 0 unspecified atom stereocenters. The number of nitrogens with zero attached hydrogens (tertiary/aromatic N) is 2. The average molecular weight is 365 g/mol. The van der Waals surface area contributed by atoms with Crippen molar-refractivity contribution in [3.05, 3.63) is 45.9 Å². The number of nitrogens with two attached hydrogens (primary N) is 1. The molecule has 0 spiro atoms. The Hall–Kier alpha value is -1.52. The number of rotatable bonds is 3. The van der Waals surface area contributed by atoms with Crippen LogP contribution in [0.4, 0.5) is 5.69 Å². The number of aryl methyl sites for hydroxylation is 1. The fraction of sp³-hybridized carbons (Fsp3) is 0.188. The van der Waals surface area contributed by atoms with Crippen LogP contribution in [0, 0.1) is 0 Å². The first-order valence-corrected chi connectivity index (χ1v) is 7.98. The predicted molar refractivity (Wildman–Crippen MR) is 92.6 cm³/mol. The molecule has 2 aromatic carbocycles. The lowest BCUT2D eigenvalue weighted by molar-refractivity contribution is 0.704. The van der Waals surface area contributed by atoms with Crippen molar-refractivity contribution >= 4 is 44.3 Å². The summed E-state index contributed by atoms with van der Waals surface area (Å²) in [5.74, 6) is 0.888. The van der Waals surface area contributed by atoms with E-state index < -0.39 is 0 Å². The minimum absolute atomic E-state index is 0.636. The highest BCUT2D eigenvalue weighted by atomic mass is 79.9. The Balaban J connectivity index is 2.27. The zero-order valence-corrected chi connectivity index (χ0v) is 13.9. The van der Waals surface area contributed by atoms with Gasteiger partial charge in [-0.1, -0.05) is 34.5 Å². The van der Waals surface area contributed by atoms with E-state index >= 15 is 0 Å². The van der Waals surface area contributed by atoms with Crippen molar-refractivity contribution in [2.75, 3.05) is 5.73 Å². The van der Waals surface area contributed by atoms with E-state index in [9.17, 15) is 0 Å². The normalized spacial score (nSPS) is 11.2. The highest BCUT2D eigenvalue weighted by molar-refractivity contribution is 9.10. The Bertz CT molecular complexity index is 811. The van der Waals surface area contributed by atoms with Gasteiger partial charge in [-0.15, -0.1) is 0 Å². The van der Waals surface area contributed by atoms with Crippen LogP contribution in [0.15, 0.2) is 40.9 Å². The molecular formula is C16H15BrClN3. The number of aromatic nitrogens is 2. The number of halogens is 2. The van der Waals surface area contributed by atoms with E-state index in [1.165, 1.54) is 0 Å². The van der Waals surface area contributed by atoms with Crippen molar-refractivity contribution in [3.8, 4) is 11.4 Å². The van der Waals surface area contributed by atoms with Crippen LogP contribution < -0.4 is 5.73 Å². The number of imidazole rings is 1. The van der Waals surface area contributed by atoms with Gasteiger partial charge in [0.05, 0.1) is 11.0 Å². The Morgan fingerprint density at radius 1 is 1.24 bits per heavy atom. The van der Waals surface area contributed by atoms with Gasteiger partial charge in [-0.25, -0.2) is 4.98 Å². The Morgan fingerprint density at radius 2 is 2.05 bits per heavy atom. The van der Waals surface area contributed by atoms with Crippen LogP contribution in [0.3, 0.4) is 0 Å². The minimum Gasteiger partial charge on any atom is -0.398 e. The summed E-state index contributed by atoms with van der Waals surface area (Å²) in [5, 5.41) is 0.636. The third-order valence-electron chi connectivity index (χ3n) is 3.41. The molecule has 0 radical (unpaired) electrons. The lowest BCUT2D eigenvalue weighted by atomic mass is 10.1. The van der Waals surface area contributed by atoms with Crippen LogP contribution in [0.25, 0.3) is 22.4 Å². The predicted octanol–water partition coefficient (Wildman–Crippen LogP) is 5.11. The van der Waals surface area contributed by atoms with Crippen LogP contribution in [0.2, 0.25) is 5.02 Å². The van der Waals surface area contributed by atoms with Crippen molar-refractivity contribution in [2.45, 2.75) is 19.9 Å². The van der Waals surface area contributed by atoms with Crippen LogP contribution in [-0.4, -0.2) is 9.55 Å². The molecule has 1 aromatic heterocycles. The molecule has 21 heavy (non-hydrogen) atoms. The molecule has 1 heterocycles. The number of benzene rings is 2. The molecule has 3 rings (SSSR count). The maximum Gasteiger partial charge on any atom is 0.143 e. The van der Waals surface area contributed by atoms with E-state index in [0.717, 1.165) is 39.9 Å². The summed E-state index contributed by atoms with van der Waals surface area (Å²) in [6, 6.07) is 11.7. The number of hydrogen-bond donors (Lipinski definition) is 1. The van der Waals surface area contributed by atoms with Gasteiger partial charge in [0.15, 0.2) is 0 Å². The molecule has 0 aliphatic carbocycles. The molecule has 0 saturated carbocycles. The van der Waals surface area contributed by atoms with Crippen molar-refractivity contribution in [1.82, 2.24) is 9.55 Å². The Morgan fingerprint density at radius 3 is 2.76 bits per heavy atom. The highest BCUT2D eigenvalue weighted by Gasteiger charge is 2.14. The van der Waals surface area contributed by atoms with Crippen LogP contribution in [-0.2, 0) is 6.54 Å². The van der Waals surface area contributed by atoms with Crippen molar-refractivity contribution in [2.24, 2.45) is 0 Å². The quantitative estimate of drug-likeness (QED) is 0.656. The van der Waals surface area contributed by atoms with Crippen LogP contribution in [0.5, 0.6) is 0 Å². The molecule has 3 aromatic rings. The van der Waals surface area contributed by atoms with Gasteiger partial charge in [-0.05, 0) is 42.8 Å². The van der Waals surface area contributed by atoms with Gasteiger partial charge < -0.3 is 10.3 Å². The zero-order chi connectivity index (χ0) is 15.0. The topological polar surface area (TPSA) is 43.8 Å². The summed E-state index contributed by atoms with van der Waals surface area (Å²) in [7, 11) is 0. The second kappa shape index (κ2) is 5.70. The minimum atomic E-state index is 0.636. The number of anilines is 1. The second-order valence-corrected chi connectivity index (χ2v) is 6.30. The van der Waals surface area contributed by atoms with Crippen LogP contribution in [0.1, 0.15) is 13.3 Å². The van der Waals surface area contributed by atoms with E-state index in [2.05, 4.69) is 33.5 Å². The highest BCUT2D eigenvalue weighted by Crippen LogP contribution is 2.31. The maximum atomic E-state index is 6.12. The molecule has 108 valence electrons. The van der Waals surface area contributed by atoms with E-state index in [0.29, 0.717) is 10.7 Å². The largest absolute Gasteiger partial charge is 0.398 e. The smallest absolute Gasteiger partial charge is 0.143 e. The second-order valence-electron chi connectivity index (χ2n) is 4.95. The van der Waals surface area contributed by atoms with Crippen molar-refractivity contribution in [1.29, 1.82) is 0 Å². The van der Waals surface area contributed by atoms with Gasteiger partial charge >= 0.3 is 0 Å². The summed E-state index contributed by atoms with van der Waals surface area (Å²) in [6.45, 7) is 3.05. The fourth-order valence-electron chi connectivity index (χ4n) is 2.50. The summed E-state index contributed by atoms with van der Waals surface area (Å²) in [6.07, 6.45) is 1.03. The molecule has 0 aliphatic rings. The van der Waals surface area contributed by atoms with Crippen LogP contribution >= 0.6 is 27.5 Å². The molecule has 0 atom stereocenters. The zero-order valence-electron chi connectivity index (χ0n) is 11.6. The number of hydrogen-bond acceptors (Lipinski definition) is 2. The SMILES string of the molecule is CCCn1c(-c2ccc(Cl)cc2N)nc2cc(Br)ccc21. The third-order valence-corrected chi connectivity index (χ3v) is 4.14. The Kier molecular flexibility index (Phi) is 3.91. The molecule has 2 N–H and O–H groups in total. The van der Waals surface area contributed by atoms with Crippen molar-refractivity contribution < 1.29 is 0 Å². The molecule has 0 amide bonds. The van der Waals surface area contributed by atoms with Gasteiger partial charge in [0.25, 0.3) is 0 Å². The first-order chi connectivity index (χ1) is 10.1. The molecule has 0 saturated heterocycles. The summed E-state index contributed by atoms with van der Waals surface area (Å²) in [5.41, 5.74) is 9.76. The van der Waals surface area contributed by atoms with E-state index in [1.807, 2.05) is 24.3 Å². The standard InChI is InChI=1S/C16H15BrClN3/c1-2-7-21-15-6-3-10(17)8-14(15)20-16(21)12-5-4-11(18)9-13(12)19/h3-6,8-9H,2,7,19H2,1H3. The fourth-order valence-corrected chi connectivity index (χ4v) is 3.03. The van der Waals surface area contributed by atoms with E-state index in [-0.39, 0.29) is 0 Å². The Labute approximate surface area is 136 Å². The van der Waals surface area contributed by atoms with Crippen molar-refractivity contribution in [3.63, 3.8) is 0 Å². The van der Waals surface area contributed by atoms with Gasteiger partial charge in [0, 0.05) is 27.3 Å². The first kappa shape index (κ1) is 14.4. The van der Waals surface area contributed by atoms with Gasteiger partial charge in [-0.3, -0.25) is 0 Å². The van der Waals surface area contributed by atoms with Gasteiger partial charge in [0.2, 0.25) is 0 Å². The molecular weight excluding hydrogens is 350 g/mol. The molecule has 3 nitrogen and oxygen atoms in total. The summed E-state index contributed by atoms with van der Waals surface area (Å²) < 4.78 is 3.23. The lowest BCUT2D eigenvalue weighted by Crippen LogP contribution is -2.01. The monoisotopic (exact) mass is 363 g/mol. The van der Waals surface area contributed by atoms with Gasteiger partial charge in [0.1, 0.15) is 5.82 Å². The maximum absolute atomic E-state index is 6.12. The molecule has 5 heteroatoms. The molecule has 0 fully saturated rings. The van der Waals surface area contributed by atoms with Gasteiger partial charge in [-0.2, -0.15) is 0 Å². The molecule has 0 bridgehead atoms. The molecule has 0 aliphatic heterocycles. The number of fused-ring (bicyclic) bond motifs is 1. The third kappa shape index (κ3) is 2.65.